The maximum Gasteiger partial charge on any atom is 0.236 e. The third-order valence-electron chi connectivity index (χ3n) is 3.85. The first kappa shape index (κ1) is 14.2. The number of nitrogens with zero attached hydrogens (tertiary/aromatic N) is 2. The molecule has 0 radical (unpaired) electrons. The zero-order valence-electron chi connectivity index (χ0n) is 11.5. The molecule has 1 atom stereocenters. The van der Waals surface area contributed by atoms with Crippen molar-refractivity contribution in [3.8, 4) is 0 Å². The highest BCUT2D eigenvalue weighted by molar-refractivity contribution is 7.99. The summed E-state index contributed by atoms with van der Waals surface area (Å²) in [6.07, 6.45) is 3.69. The van der Waals surface area contributed by atoms with E-state index in [2.05, 4.69) is 22.0 Å². The normalized spacial score (nSPS) is 26.4. The molecular weight excluding hydrogens is 246 g/mol. The van der Waals surface area contributed by atoms with Crippen LogP contribution in [0.15, 0.2) is 0 Å². The van der Waals surface area contributed by atoms with Crippen molar-refractivity contribution in [1.29, 1.82) is 0 Å². The predicted octanol–water partition coefficient (Wildman–Crippen LogP) is 0.634. The molecule has 2 aliphatic heterocycles. The van der Waals surface area contributed by atoms with Crippen LogP contribution >= 0.6 is 11.8 Å². The molecular formula is C13H25N3OS. The summed E-state index contributed by atoms with van der Waals surface area (Å²) in [7, 11) is 3.66. The molecule has 0 aromatic carbocycles. The summed E-state index contributed by atoms with van der Waals surface area (Å²) in [5, 5.41) is 3.77. The highest BCUT2D eigenvalue weighted by Gasteiger charge is 2.24. The van der Waals surface area contributed by atoms with Gasteiger partial charge >= 0.3 is 0 Å². The van der Waals surface area contributed by atoms with Gasteiger partial charge in [-0.1, -0.05) is 0 Å². The standard InChI is InChI=1S/C13H25N3OS/c1-15(2)13(17)9-16-6-3-11(4-7-16)14-12-5-8-18-10-12/h11-12,14H,3-10H2,1-2H3. The fourth-order valence-electron chi connectivity index (χ4n) is 2.59. The van der Waals surface area contributed by atoms with Crippen LogP contribution < -0.4 is 5.32 Å². The van der Waals surface area contributed by atoms with Gasteiger partial charge in [0.25, 0.3) is 0 Å². The summed E-state index contributed by atoms with van der Waals surface area (Å²) in [6, 6.07) is 1.40. The van der Waals surface area contributed by atoms with Crippen molar-refractivity contribution in [1.82, 2.24) is 15.1 Å². The molecule has 1 unspecified atom stereocenters. The molecule has 2 fully saturated rings. The van der Waals surface area contributed by atoms with Crippen LogP contribution in [0.25, 0.3) is 0 Å². The number of nitrogens with one attached hydrogen (secondary N) is 1. The lowest BCUT2D eigenvalue weighted by atomic mass is 10.0. The third kappa shape index (κ3) is 4.14. The van der Waals surface area contributed by atoms with Crippen LogP contribution in [0.4, 0.5) is 0 Å². The van der Waals surface area contributed by atoms with Crippen LogP contribution in [0.5, 0.6) is 0 Å². The van der Waals surface area contributed by atoms with Gasteiger partial charge in [-0.25, -0.2) is 0 Å². The number of rotatable bonds is 4. The summed E-state index contributed by atoms with van der Waals surface area (Å²) in [4.78, 5) is 15.6. The molecule has 4 nitrogen and oxygen atoms in total. The second kappa shape index (κ2) is 6.78. The van der Waals surface area contributed by atoms with Gasteiger partial charge in [0, 0.05) is 45.0 Å². The minimum atomic E-state index is 0.216. The van der Waals surface area contributed by atoms with E-state index in [4.69, 9.17) is 0 Å². The second-order valence-electron chi connectivity index (χ2n) is 5.57. The molecule has 0 aliphatic carbocycles. The number of amides is 1. The van der Waals surface area contributed by atoms with Gasteiger partial charge in [-0.05, 0) is 25.0 Å². The first-order valence-electron chi connectivity index (χ1n) is 6.91. The molecule has 0 spiro atoms. The van der Waals surface area contributed by atoms with Crippen molar-refractivity contribution in [3.05, 3.63) is 0 Å². The van der Waals surface area contributed by atoms with E-state index in [1.54, 1.807) is 4.90 Å². The second-order valence-corrected chi connectivity index (χ2v) is 6.72. The SMILES string of the molecule is CN(C)C(=O)CN1CCC(NC2CCSC2)CC1. The van der Waals surface area contributed by atoms with E-state index in [9.17, 15) is 4.79 Å². The number of hydrogen-bond donors (Lipinski definition) is 1. The molecule has 2 rings (SSSR count). The third-order valence-corrected chi connectivity index (χ3v) is 5.01. The first-order chi connectivity index (χ1) is 8.65. The van der Waals surface area contributed by atoms with Gasteiger partial charge in [0.2, 0.25) is 5.91 Å². The van der Waals surface area contributed by atoms with Gasteiger partial charge in [0.05, 0.1) is 6.54 Å². The summed E-state index contributed by atoms with van der Waals surface area (Å²) in [5.41, 5.74) is 0. The van der Waals surface area contributed by atoms with Crippen LogP contribution in [-0.2, 0) is 4.79 Å². The number of hydrogen-bond acceptors (Lipinski definition) is 4. The largest absolute Gasteiger partial charge is 0.348 e. The van der Waals surface area contributed by atoms with Gasteiger partial charge in [-0.3, -0.25) is 9.69 Å². The molecule has 1 N–H and O–H groups in total. The molecule has 104 valence electrons. The number of carbonyl (C=O) groups is 1. The van der Waals surface area contributed by atoms with E-state index in [0.717, 1.165) is 19.1 Å². The molecule has 2 aliphatic rings. The topological polar surface area (TPSA) is 35.6 Å². The number of thioether (sulfide) groups is 1. The highest BCUT2D eigenvalue weighted by Crippen LogP contribution is 2.19. The zero-order valence-corrected chi connectivity index (χ0v) is 12.3. The fraction of sp³-hybridized carbons (Fsp3) is 0.923. The molecule has 0 aromatic rings. The van der Waals surface area contributed by atoms with Gasteiger partial charge in [-0.15, -0.1) is 0 Å². The quantitative estimate of drug-likeness (QED) is 0.814. The van der Waals surface area contributed by atoms with Crippen molar-refractivity contribution >= 4 is 17.7 Å². The van der Waals surface area contributed by atoms with Crippen LogP contribution in [0.1, 0.15) is 19.3 Å². The number of likely N-dealkylation sites (tertiary alicyclic amines) is 1. The maximum absolute atomic E-state index is 11.6. The van der Waals surface area contributed by atoms with E-state index in [0.29, 0.717) is 12.6 Å². The molecule has 2 saturated heterocycles. The van der Waals surface area contributed by atoms with E-state index in [1.807, 2.05) is 14.1 Å². The van der Waals surface area contributed by atoms with Crippen molar-refractivity contribution in [2.45, 2.75) is 31.3 Å². The Labute approximate surface area is 114 Å². The van der Waals surface area contributed by atoms with Crippen molar-refractivity contribution in [2.75, 3.05) is 45.2 Å². The Morgan fingerprint density at radius 3 is 2.56 bits per heavy atom. The summed E-state index contributed by atoms with van der Waals surface area (Å²) in [6.45, 7) is 2.69. The Morgan fingerprint density at radius 2 is 2.00 bits per heavy atom. The minimum Gasteiger partial charge on any atom is -0.348 e. The lowest BCUT2D eigenvalue weighted by molar-refractivity contribution is -0.130. The highest BCUT2D eigenvalue weighted by atomic mass is 32.2. The number of likely N-dealkylation sites (N-methyl/N-ethyl adjacent to an activating group) is 1. The fourth-order valence-corrected chi connectivity index (χ4v) is 3.76. The molecule has 0 saturated carbocycles. The number of carbonyl (C=O) groups excluding carboxylic acids is 1. The van der Waals surface area contributed by atoms with Gasteiger partial charge in [0.1, 0.15) is 0 Å². The molecule has 1 amide bonds. The first-order valence-corrected chi connectivity index (χ1v) is 8.07. The lowest BCUT2D eigenvalue weighted by Crippen LogP contribution is -2.48. The van der Waals surface area contributed by atoms with Gasteiger partial charge < -0.3 is 10.2 Å². The van der Waals surface area contributed by atoms with E-state index in [-0.39, 0.29) is 5.91 Å². The van der Waals surface area contributed by atoms with Crippen LogP contribution in [0.2, 0.25) is 0 Å². The Bertz CT molecular complexity index is 271. The summed E-state index contributed by atoms with van der Waals surface area (Å²) < 4.78 is 0. The van der Waals surface area contributed by atoms with Gasteiger partial charge in [-0.2, -0.15) is 11.8 Å². The molecule has 18 heavy (non-hydrogen) atoms. The Kier molecular flexibility index (Phi) is 5.33. The van der Waals surface area contributed by atoms with Crippen LogP contribution in [-0.4, -0.2) is 73.0 Å². The molecule has 5 heteroatoms. The average Bonchev–Trinajstić information content (AvgIpc) is 2.84. The predicted molar refractivity (Wildman–Crippen MR) is 77.0 cm³/mol. The van der Waals surface area contributed by atoms with Crippen LogP contribution in [0, 0.1) is 0 Å². The average molecular weight is 271 g/mol. The lowest BCUT2D eigenvalue weighted by Gasteiger charge is -2.33. The molecule has 0 bridgehead atoms. The summed E-state index contributed by atoms with van der Waals surface area (Å²) >= 11 is 2.06. The zero-order chi connectivity index (χ0) is 13.0. The number of piperidine rings is 1. The van der Waals surface area contributed by atoms with E-state index in [1.165, 1.54) is 30.8 Å². The van der Waals surface area contributed by atoms with Crippen molar-refractivity contribution < 1.29 is 4.79 Å². The molecule has 0 aromatic heterocycles. The Hall–Kier alpha value is -0.260. The van der Waals surface area contributed by atoms with Gasteiger partial charge in [0.15, 0.2) is 0 Å². The van der Waals surface area contributed by atoms with E-state index >= 15 is 0 Å². The van der Waals surface area contributed by atoms with E-state index < -0.39 is 0 Å². The van der Waals surface area contributed by atoms with Crippen molar-refractivity contribution in [2.24, 2.45) is 0 Å². The van der Waals surface area contributed by atoms with Crippen LogP contribution in [0.3, 0.4) is 0 Å². The Balaban J connectivity index is 1.66. The minimum absolute atomic E-state index is 0.216. The molecule has 2 heterocycles. The van der Waals surface area contributed by atoms with Crippen molar-refractivity contribution in [3.63, 3.8) is 0 Å². The maximum atomic E-state index is 11.6. The monoisotopic (exact) mass is 271 g/mol. The smallest absolute Gasteiger partial charge is 0.236 e. The Morgan fingerprint density at radius 1 is 1.28 bits per heavy atom. The summed E-state index contributed by atoms with van der Waals surface area (Å²) in [5.74, 6) is 2.81.